The molecule has 4 rings (SSSR count). The van der Waals surface area contributed by atoms with Gasteiger partial charge in [-0.2, -0.15) is 0 Å². The van der Waals surface area contributed by atoms with Crippen LogP contribution in [0.5, 0.6) is 11.5 Å². The fraction of sp³-hybridized carbons (Fsp3) is 0.444. The highest BCUT2D eigenvalue weighted by molar-refractivity contribution is 6.05. The first-order valence-corrected chi connectivity index (χ1v) is 12.3. The van der Waals surface area contributed by atoms with E-state index in [0.717, 1.165) is 29.3 Å². The topological polar surface area (TPSA) is 98.7 Å². The third kappa shape index (κ3) is 6.74. The molecule has 0 radical (unpaired) electrons. The lowest BCUT2D eigenvalue weighted by molar-refractivity contribution is 0.100. The molecule has 0 saturated heterocycles. The molecule has 188 valence electrons. The number of benzene rings is 2. The lowest BCUT2D eigenvalue weighted by Gasteiger charge is -2.17. The van der Waals surface area contributed by atoms with Crippen LogP contribution < -0.4 is 20.5 Å². The zero-order valence-electron chi connectivity index (χ0n) is 20.1. The van der Waals surface area contributed by atoms with Crippen molar-refractivity contribution in [2.75, 3.05) is 26.4 Å². The first-order valence-electron chi connectivity index (χ1n) is 12.3. The molecule has 1 aromatic heterocycles. The molecule has 3 aromatic rings. The molecule has 2 aromatic carbocycles. The van der Waals surface area contributed by atoms with Crippen molar-refractivity contribution in [2.45, 2.75) is 45.2 Å². The number of nitrogens with zero attached hydrogens (tertiary/aromatic N) is 1. The Kier molecular flexibility index (Phi) is 8.25. The summed E-state index contributed by atoms with van der Waals surface area (Å²) in [6.07, 6.45) is 5.57. The van der Waals surface area contributed by atoms with Gasteiger partial charge < -0.3 is 30.2 Å². The van der Waals surface area contributed by atoms with Crippen molar-refractivity contribution in [3.05, 3.63) is 59.5 Å². The summed E-state index contributed by atoms with van der Waals surface area (Å²) in [5.74, 6) is 0.758. The van der Waals surface area contributed by atoms with Gasteiger partial charge in [0.05, 0.1) is 17.7 Å². The van der Waals surface area contributed by atoms with Crippen molar-refractivity contribution >= 4 is 16.8 Å². The SMILES string of the molecule is CC(Cc1cc(C(N)=O)c2c(ccn2CCCO)c1)NCCOc1ccc(F)cc1OCC1CC1. The molecular weight excluding hydrogens is 449 g/mol. The summed E-state index contributed by atoms with van der Waals surface area (Å²) in [6.45, 7) is 4.39. The summed E-state index contributed by atoms with van der Waals surface area (Å²) in [5, 5.41) is 13.5. The third-order valence-electron chi connectivity index (χ3n) is 6.21. The number of rotatable bonds is 14. The van der Waals surface area contributed by atoms with E-state index in [0.29, 0.717) is 62.1 Å². The van der Waals surface area contributed by atoms with Gasteiger partial charge in [0, 0.05) is 43.4 Å². The number of hydrogen-bond acceptors (Lipinski definition) is 5. The van der Waals surface area contributed by atoms with Crippen LogP contribution >= 0.6 is 0 Å². The largest absolute Gasteiger partial charge is 0.489 e. The number of carbonyl (C=O) groups excluding carboxylic acids is 1. The number of aliphatic hydroxyl groups excluding tert-OH is 1. The summed E-state index contributed by atoms with van der Waals surface area (Å²) >= 11 is 0. The molecule has 0 bridgehead atoms. The Morgan fingerprint density at radius 3 is 2.80 bits per heavy atom. The Balaban J connectivity index is 1.32. The second kappa shape index (κ2) is 11.6. The van der Waals surface area contributed by atoms with Crippen LogP contribution in [0.2, 0.25) is 0 Å². The molecule has 1 unspecified atom stereocenters. The Morgan fingerprint density at radius 1 is 1.23 bits per heavy atom. The predicted octanol–water partition coefficient (Wildman–Crippen LogP) is 3.65. The summed E-state index contributed by atoms with van der Waals surface area (Å²) < 4.78 is 27.2. The van der Waals surface area contributed by atoms with E-state index in [9.17, 15) is 9.18 Å². The number of aromatic nitrogens is 1. The highest BCUT2D eigenvalue weighted by Gasteiger charge is 2.22. The fourth-order valence-electron chi connectivity index (χ4n) is 4.24. The second-order valence-electron chi connectivity index (χ2n) is 9.28. The van der Waals surface area contributed by atoms with Crippen LogP contribution in [-0.4, -0.2) is 48.0 Å². The molecule has 8 heteroatoms. The quantitative estimate of drug-likeness (QED) is 0.304. The van der Waals surface area contributed by atoms with E-state index in [4.69, 9.17) is 20.3 Å². The van der Waals surface area contributed by atoms with Gasteiger partial charge in [0.25, 0.3) is 5.91 Å². The minimum absolute atomic E-state index is 0.0898. The number of nitrogens with two attached hydrogens (primary N) is 1. The molecular formula is C27H34FN3O4. The monoisotopic (exact) mass is 483 g/mol. The number of aryl methyl sites for hydroxylation is 1. The minimum atomic E-state index is -0.464. The number of nitrogens with one attached hydrogen (secondary N) is 1. The average molecular weight is 484 g/mol. The molecule has 0 spiro atoms. The van der Waals surface area contributed by atoms with E-state index in [-0.39, 0.29) is 18.5 Å². The molecule has 1 aliphatic rings. The number of ether oxygens (including phenoxy) is 2. The Bertz CT molecular complexity index is 1160. The molecule has 1 aliphatic carbocycles. The van der Waals surface area contributed by atoms with Gasteiger partial charge in [-0.15, -0.1) is 0 Å². The van der Waals surface area contributed by atoms with E-state index < -0.39 is 5.91 Å². The highest BCUT2D eigenvalue weighted by atomic mass is 19.1. The number of primary amides is 1. The molecule has 0 aliphatic heterocycles. The van der Waals surface area contributed by atoms with Crippen LogP contribution in [0.4, 0.5) is 4.39 Å². The van der Waals surface area contributed by atoms with Gasteiger partial charge in [-0.1, -0.05) is 0 Å². The van der Waals surface area contributed by atoms with Crippen LogP contribution in [0.1, 0.15) is 42.1 Å². The molecule has 35 heavy (non-hydrogen) atoms. The molecule has 7 nitrogen and oxygen atoms in total. The Labute approximate surface area is 205 Å². The predicted molar refractivity (Wildman–Crippen MR) is 133 cm³/mol. The highest BCUT2D eigenvalue weighted by Crippen LogP contribution is 2.33. The van der Waals surface area contributed by atoms with Crippen molar-refractivity contribution < 1.29 is 23.8 Å². The smallest absolute Gasteiger partial charge is 0.250 e. The van der Waals surface area contributed by atoms with Crippen LogP contribution in [0.3, 0.4) is 0 Å². The van der Waals surface area contributed by atoms with E-state index in [1.54, 1.807) is 6.07 Å². The van der Waals surface area contributed by atoms with Crippen molar-refractivity contribution in [1.29, 1.82) is 0 Å². The van der Waals surface area contributed by atoms with Crippen LogP contribution in [-0.2, 0) is 13.0 Å². The van der Waals surface area contributed by atoms with E-state index in [1.165, 1.54) is 12.1 Å². The molecule has 1 amide bonds. The van der Waals surface area contributed by atoms with Crippen molar-refractivity contribution in [1.82, 2.24) is 9.88 Å². The van der Waals surface area contributed by atoms with Gasteiger partial charge in [0.1, 0.15) is 12.4 Å². The van der Waals surface area contributed by atoms with Crippen LogP contribution in [0.25, 0.3) is 10.9 Å². The fourth-order valence-corrected chi connectivity index (χ4v) is 4.24. The van der Waals surface area contributed by atoms with E-state index in [1.807, 2.05) is 22.9 Å². The maximum absolute atomic E-state index is 13.6. The standard InChI is InChI=1S/C27H34FN3O4/c1-18(30-8-12-34-24-6-5-22(28)16-25(24)35-17-19-3-4-19)13-20-14-21-7-10-31(9-2-11-32)26(21)23(15-20)27(29)33/h5-7,10,14-16,18-19,30,32H,2-4,8-9,11-13,17H2,1H3,(H2,29,33). The normalized spacial score (nSPS) is 14.3. The summed E-state index contributed by atoms with van der Waals surface area (Å²) in [4.78, 5) is 12.2. The number of halogens is 1. The number of aliphatic hydroxyl groups is 1. The molecule has 1 atom stereocenters. The lowest BCUT2D eigenvalue weighted by atomic mass is 10.0. The van der Waals surface area contributed by atoms with E-state index >= 15 is 0 Å². The van der Waals surface area contributed by atoms with Gasteiger partial charge in [-0.25, -0.2) is 4.39 Å². The lowest BCUT2D eigenvalue weighted by Crippen LogP contribution is -2.32. The molecule has 4 N–H and O–H groups in total. The van der Waals surface area contributed by atoms with Crippen LogP contribution in [0, 0.1) is 11.7 Å². The average Bonchev–Trinajstić information content (AvgIpc) is 3.58. The van der Waals surface area contributed by atoms with Gasteiger partial charge in [0.2, 0.25) is 0 Å². The number of carbonyl (C=O) groups is 1. The first-order chi connectivity index (χ1) is 16.9. The van der Waals surface area contributed by atoms with Gasteiger partial charge in [-0.3, -0.25) is 4.79 Å². The Hall–Kier alpha value is -3.10. The van der Waals surface area contributed by atoms with Crippen molar-refractivity contribution in [3.8, 4) is 11.5 Å². The zero-order valence-corrected chi connectivity index (χ0v) is 20.1. The molecule has 1 fully saturated rings. The minimum Gasteiger partial charge on any atom is -0.489 e. The summed E-state index contributed by atoms with van der Waals surface area (Å²) in [6, 6.07) is 10.4. The molecule has 1 heterocycles. The molecule has 1 saturated carbocycles. The first kappa shape index (κ1) is 25.0. The number of fused-ring (bicyclic) bond motifs is 1. The van der Waals surface area contributed by atoms with Crippen LogP contribution in [0.15, 0.2) is 42.6 Å². The second-order valence-corrected chi connectivity index (χ2v) is 9.28. The van der Waals surface area contributed by atoms with Gasteiger partial charge in [0.15, 0.2) is 11.5 Å². The van der Waals surface area contributed by atoms with Gasteiger partial charge >= 0.3 is 0 Å². The number of hydrogen-bond donors (Lipinski definition) is 3. The maximum atomic E-state index is 13.6. The third-order valence-corrected chi connectivity index (χ3v) is 6.21. The Morgan fingerprint density at radius 2 is 2.06 bits per heavy atom. The van der Waals surface area contributed by atoms with Crippen molar-refractivity contribution in [3.63, 3.8) is 0 Å². The summed E-state index contributed by atoms with van der Waals surface area (Å²) in [5.41, 5.74) is 8.00. The summed E-state index contributed by atoms with van der Waals surface area (Å²) in [7, 11) is 0. The van der Waals surface area contributed by atoms with Gasteiger partial charge in [-0.05, 0) is 74.4 Å². The number of amides is 1. The maximum Gasteiger partial charge on any atom is 0.250 e. The van der Waals surface area contributed by atoms with Crippen molar-refractivity contribution in [2.24, 2.45) is 11.7 Å². The van der Waals surface area contributed by atoms with E-state index in [2.05, 4.69) is 18.3 Å². The zero-order chi connectivity index (χ0) is 24.8.